The van der Waals surface area contributed by atoms with Crippen LogP contribution >= 0.6 is 11.3 Å². The molecule has 0 aromatic carbocycles. The molecule has 0 spiro atoms. The SMILES string of the molecule is CC(C)CNCc1nc(COCC2CCOC2)cs1. The van der Waals surface area contributed by atoms with Gasteiger partial charge in [-0.3, -0.25) is 0 Å². The third-order valence-electron chi connectivity index (χ3n) is 3.06. The van der Waals surface area contributed by atoms with Gasteiger partial charge >= 0.3 is 0 Å². The van der Waals surface area contributed by atoms with Crippen LogP contribution in [0.2, 0.25) is 0 Å². The summed E-state index contributed by atoms with van der Waals surface area (Å²) >= 11 is 1.71. The number of ether oxygens (including phenoxy) is 2. The van der Waals surface area contributed by atoms with Crippen LogP contribution in [-0.4, -0.2) is 31.3 Å². The maximum absolute atomic E-state index is 5.70. The second-order valence-corrected chi connectivity index (χ2v) is 6.44. The minimum absolute atomic E-state index is 0.575. The molecule has 1 N–H and O–H groups in total. The molecule has 1 saturated heterocycles. The average molecular weight is 284 g/mol. The van der Waals surface area contributed by atoms with Gasteiger partial charge in [0.05, 0.1) is 25.5 Å². The molecule has 1 aromatic heterocycles. The minimum atomic E-state index is 0.575. The summed E-state index contributed by atoms with van der Waals surface area (Å²) < 4.78 is 11.0. The molecule has 1 aliphatic heterocycles. The van der Waals surface area contributed by atoms with Crippen molar-refractivity contribution in [3.8, 4) is 0 Å². The fourth-order valence-corrected chi connectivity index (χ4v) is 2.76. The van der Waals surface area contributed by atoms with E-state index in [0.29, 0.717) is 18.4 Å². The third-order valence-corrected chi connectivity index (χ3v) is 3.95. The summed E-state index contributed by atoms with van der Waals surface area (Å²) in [6.45, 7) is 9.46. The van der Waals surface area contributed by atoms with E-state index >= 15 is 0 Å². The van der Waals surface area contributed by atoms with Gasteiger partial charge in [-0.25, -0.2) is 4.98 Å². The molecule has 2 heterocycles. The molecule has 0 amide bonds. The van der Waals surface area contributed by atoms with Crippen molar-refractivity contribution in [3.63, 3.8) is 0 Å². The van der Waals surface area contributed by atoms with Gasteiger partial charge in [0.2, 0.25) is 0 Å². The number of hydrogen-bond acceptors (Lipinski definition) is 5. The van der Waals surface area contributed by atoms with E-state index < -0.39 is 0 Å². The van der Waals surface area contributed by atoms with E-state index in [-0.39, 0.29) is 0 Å². The molecule has 1 aromatic rings. The van der Waals surface area contributed by atoms with Crippen LogP contribution in [-0.2, 0) is 22.6 Å². The highest BCUT2D eigenvalue weighted by atomic mass is 32.1. The van der Waals surface area contributed by atoms with E-state index in [4.69, 9.17) is 9.47 Å². The Morgan fingerprint density at radius 3 is 3.21 bits per heavy atom. The highest BCUT2D eigenvalue weighted by molar-refractivity contribution is 7.09. The quantitative estimate of drug-likeness (QED) is 0.796. The van der Waals surface area contributed by atoms with E-state index in [1.165, 1.54) is 0 Å². The molecule has 1 fully saturated rings. The molecule has 0 radical (unpaired) electrons. The number of nitrogens with one attached hydrogen (secondary N) is 1. The van der Waals surface area contributed by atoms with Crippen molar-refractivity contribution in [1.29, 1.82) is 0 Å². The number of thiazole rings is 1. The predicted octanol–water partition coefficient (Wildman–Crippen LogP) is 2.44. The molecule has 1 atom stereocenters. The van der Waals surface area contributed by atoms with Crippen molar-refractivity contribution in [2.24, 2.45) is 11.8 Å². The van der Waals surface area contributed by atoms with Crippen molar-refractivity contribution >= 4 is 11.3 Å². The Balaban J connectivity index is 1.62. The van der Waals surface area contributed by atoms with Crippen molar-refractivity contribution in [2.75, 3.05) is 26.4 Å². The largest absolute Gasteiger partial charge is 0.381 e. The molecule has 1 unspecified atom stereocenters. The smallest absolute Gasteiger partial charge is 0.107 e. The normalized spacial score (nSPS) is 19.4. The first-order valence-electron chi connectivity index (χ1n) is 7.03. The van der Waals surface area contributed by atoms with Crippen LogP contribution in [0, 0.1) is 11.8 Å². The van der Waals surface area contributed by atoms with E-state index in [9.17, 15) is 0 Å². The van der Waals surface area contributed by atoms with Gasteiger partial charge in [0.15, 0.2) is 0 Å². The van der Waals surface area contributed by atoms with Crippen molar-refractivity contribution in [1.82, 2.24) is 10.3 Å². The van der Waals surface area contributed by atoms with Crippen LogP contribution < -0.4 is 5.32 Å². The Hall–Kier alpha value is -0.490. The zero-order chi connectivity index (χ0) is 13.5. The Morgan fingerprint density at radius 2 is 2.47 bits per heavy atom. The van der Waals surface area contributed by atoms with E-state index in [0.717, 1.165) is 50.0 Å². The van der Waals surface area contributed by atoms with Gasteiger partial charge in [-0.05, 0) is 18.9 Å². The molecular weight excluding hydrogens is 260 g/mol. The zero-order valence-electron chi connectivity index (χ0n) is 11.9. The summed E-state index contributed by atoms with van der Waals surface area (Å²) in [4.78, 5) is 4.57. The van der Waals surface area contributed by atoms with Gasteiger partial charge < -0.3 is 14.8 Å². The lowest BCUT2D eigenvalue weighted by Gasteiger charge is -2.07. The summed E-state index contributed by atoms with van der Waals surface area (Å²) in [6.07, 6.45) is 1.13. The fraction of sp³-hybridized carbons (Fsp3) is 0.786. The second kappa shape index (κ2) is 7.94. The summed E-state index contributed by atoms with van der Waals surface area (Å²) in [5.41, 5.74) is 1.05. The molecule has 0 bridgehead atoms. The minimum Gasteiger partial charge on any atom is -0.381 e. The van der Waals surface area contributed by atoms with Crippen molar-refractivity contribution < 1.29 is 9.47 Å². The van der Waals surface area contributed by atoms with Crippen molar-refractivity contribution in [2.45, 2.75) is 33.4 Å². The van der Waals surface area contributed by atoms with E-state index in [2.05, 4.69) is 29.5 Å². The summed E-state index contributed by atoms with van der Waals surface area (Å²) in [6, 6.07) is 0. The first-order chi connectivity index (χ1) is 9.24. The fourth-order valence-electron chi connectivity index (χ4n) is 2.01. The van der Waals surface area contributed by atoms with Crippen LogP contribution in [0.25, 0.3) is 0 Å². The van der Waals surface area contributed by atoms with Gasteiger partial charge in [-0.2, -0.15) is 0 Å². The first kappa shape index (κ1) is 14.9. The molecule has 0 saturated carbocycles. The topological polar surface area (TPSA) is 43.4 Å². The maximum Gasteiger partial charge on any atom is 0.107 e. The summed E-state index contributed by atoms with van der Waals surface area (Å²) in [5, 5.41) is 6.64. The van der Waals surface area contributed by atoms with Gasteiger partial charge in [-0.15, -0.1) is 11.3 Å². The molecule has 1 aliphatic rings. The van der Waals surface area contributed by atoms with Crippen LogP contribution in [0.5, 0.6) is 0 Å². The predicted molar refractivity (Wildman–Crippen MR) is 77.2 cm³/mol. The van der Waals surface area contributed by atoms with E-state index in [1.807, 2.05) is 0 Å². The monoisotopic (exact) mass is 284 g/mol. The average Bonchev–Trinajstić information content (AvgIpc) is 3.00. The van der Waals surface area contributed by atoms with Gasteiger partial charge in [0.25, 0.3) is 0 Å². The first-order valence-corrected chi connectivity index (χ1v) is 7.91. The van der Waals surface area contributed by atoms with Crippen molar-refractivity contribution in [3.05, 3.63) is 16.1 Å². The Labute approximate surface area is 119 Å². The molecule has 0 aliphatic carbocycles. The van der Waals surface area contributed by atoms with Crippen LogP contribution in [0.1, 0.15) is 31.0 Å². The lowest BCUT2D eigenvalue weighted by Crippen LogP contribution is -2.18. The third kappa shape index (κ3) is 5.57. The molecule has 4 nitrogen and oxygen atoms in total. The Bertz CT molecular complexity index is 362. The number of rotatable bonds is 8. The number of nitrogens with zero attached hydrogens (tertiary/aromatic N) is 1. The molecule has 5 heteroatoms. The highest BCUT2D eigenvalue weighted by Crippen LogP contribution is 2.14. The number of aromatic nitrogens is 1. The standard InChI is InChI=1S/C14H24N2O2S/c1-11(2)5-15-6-14-16-13(10-19-14)9-18-8-12-3-4-17-7-12/h10-12,15H,3-9H2,1-2H3. The van der Waals surface area contributed by atoms with Gasteiger partial charge in [0, 0.05) is 24.4 Å². The lowest BCUT2D eigenvalue weighted by molar-refractivity contribution is 0.0775. The zero-order valence-corrected chi connectivity index (χ0v) is 12.7. The highest BCUT2D eigenvalue weighted by Gasteiger charge is 2.15. The molecule has 2 rings (SSSR count). The second-order valence-electron chi connectivity index (χ2n) is 5.50. The van der Waals surface area contributed by atoms with Gasteiger partial charge in [-0.1, -0.05) is 13.8 Å². The Kier molecular flexibility index (Phi) is 6.23. The molecule has 19 heavy (non-hydrogen) atoms. The van der Waals surface area contributed by atoms with Crippen LogP contribution in [0.3, 0.4) is 0 Å². The molecular formula is C14H24N2O2S. The van der Waals surface area contributed by atoms with Gasteiger partial charge in [0.1, 0.15) is 5.01 Å². The number of hydrogen-bond donors (Lipinski definition) is 1. The lowest BCUT2D eigenvalue weighted by atomic mass is 10.1. The van der Waals surface area contributed by atoms with E-state index in [1.54, 1.807) is 11.3 Å². The summed E-state index contributed by atoms with van der Waals surface area (Å²) in [5.74, 6) is 1.25. The van der Waals surface area contributed by atoms with Crippen LogP contribution in [0.15, 0.2) is 5.38 Å². The molecule has 108 valence electrons. The van der Waals surface area contributed by atoms with Crippen LogP contribution in [0.4, 0.5) is 0 Å². The summed E-state index contributed by atoms with van der Waals surface area (Å²) in [7, 11) is 0. The maximum atomic E-state index is 5.70. The Morgan fingerprint density at radius 1 is 1.58 bits per heavy atom.